The number of hydrogen-bond acceptors (Lipinski definition) is 3. The third-order valence-corrected chi connectivity index (χ3v) is 4.36. The van der Waals surface area contributed by atoms with E-state index < -0.39 is 15.8 Å². The van der Waals surface area contributed by atoms with Crippen molar-refractivity contribution in [3.05, 3.63) is 59.4 Å². The average Bonchev–Trinajstić information content (AvgIpc) is 2.41. The fraction of sp³-hybridized carbons (Fsp3) is 0.143. The van der Waals surface area contributed by atoms with Crippen LogP contribution in [0, 0.1) is 12.7 Å². The summed E-state index contributed by atoms with van der Waals surface area (Å²) in [6.45, 7) is 1.63. The molecule has 0 atom stereocenters. The van der Waals surface area contributed by atoms with Crippen LogP contribution in [0.1, 0.15) is 11.1 Å². The molecule has 0 amide bonds. The molecule has 0 saturated carbocycles. The van der Waals surface area contributed by atoms with Crippen LogP contribution in [0.15, 0.2) is 47.4 Å². The zero-order chi connectivity index (χ0) is 14.8. The van der Waals surface area contributed by atoms with Crippen LogP contribution in [0.3, 0.4) is 0 Å². The summed E-state index contributed by atoms with van der Waals surface area (Å²) in [6.07, 6.45) is 0. The van der Waals surface area contributed by atoms with Crippen LogP contribution in [-0.2, 0) is 16.6 Å². The average molecular weight is 294 g/mol. The molecular formula is C14H15FN2O2S. The van der Waals surface area contributed by atoms with E-state index in [2.05, 4.69) is 4.72 Å². The van der Waals surface area contributed by atoms with Crippen LogP contribution in [0.5, 0.6) is 0 Å². The minimum atomic E-state index is -3.69. The molecule has 2 aromatic carbocycles. The predicted molar refractivity (Wildman–Crippen MR) is 76.0 cm³/mol. The third kappa shape index (κ3) is 3.15. The molecule has 0 heterocycles. The van der Waals surface area contributed by atoms with Crippen molar-refractivity contribution in [2.75, 3.05) is 5.73 Å². The fourth-order valence-corrected chi connectivity index (χ4v) is 2.80. The molecule has 0 spiro atoms. The highest BCUT2D eigenvalue weighted by Gasteiger charge is 2.15. The quantitative estimate of drug-likeness (QED) is 0.849. The van der Waals surface area contributed by atoms with Crippen LogP contribution < -0.4 is 10.5 Å². The Hall–Kier alpha value is -1.92. The van der Waals surface area contributed by atoms with E-state index in [0.717, 1.165) is 0 Å². The second-order valence-corrected chi connectivity index (χ2v) is 6.20. The Morgan fingerprint density at radius 1 is 1.20 bits per heavy atom. The number of nitrogen functional groups attached to an aromatic ring is 1. The van der Waals surface area contributed by atoms with Gasteiger partial charge >= 0.3 is 0 Å². The molecule has 0 aromatic heterocycles. The molecule has 0 aliphatic carbocycles. The van der Waals surface area contributed by atoms with Gasteiger partial charge in [-0.25, -0.2) is 17.5 Å². The number of halogens is 1. The minimum Gasteiger partial charge on any atom is -0.399 e. The van der Waals surface area contributed by atoms with Gasteiger partial charge in [-0.3, -0.25) is 0 Å². The summed E-state index contributed by atoms with van der Waals surface area (Å²) in [6, 6.07) is 10.5. The van der Waals surface area contributed by atoms with Crippen molar-refractivity contribution in [3.8, 4) is 0 Å². The molecule has 6 heteroatoms. The lowest BCUT2D eigenvalue weighted by Gasteiger charge is -2.09. The lowest BCUT2D eigenvalue weighted by molar-refractivity contribution is 0.574. The summed E-state index contributed by atoms with van der Waals surface area (Å²) < 4.78 is 40.0. The van der Waals surface area contributed by atoms with Gasteiger partial charge in [0.2, 0.25) is 10.0 Å². The van der Waals surface area contributed by atoms with Gasteiger partial charge in [-0.15, -0.1) is 0 Å². The van der Waals surface area contributed by atoms with Gasteiger partial charge in [0.1, 0.15) is 5.82 Å². The van der Waals surface area contributed by atoms with Gasteiger partial charge < -0.3 is 5.73 Å². The molecule has 2 aromatic rings. The maximum absolute atomic E-state index is 13.4. The minimum absolute atomic E-state index is 0.0988. The monoisotopic (exact) mass is 294 g/mol. The van der Waals surface area contributed by atoms with Gasteiger partial charge in [-0.2, -0.15) is 0 Å². The van der Waals surface area contributed by atoms with E-state index in [9.17, 15) is 12.8 Å². The summed E-state index contributed by atoms with van der Waals surface area (Å²) in [5.74, 6) is -0.441. The fourth-order valence-electron chi connectivity index (χ4n) is 1.71. The van der Waals surface area contributed by atoms with Crippen LogP contribution in [-0.4, -0.2) is 8.42 Å². The normalized spacial score (nSPS) is 11.5. The van der Waals surface area contributed by atoms with Crippen LogP contribution in [0.25, 0.3) is 0 Å². The molecule has 0 bridgehead atoms. The maximum atomic E-state index is 13.4. The summed E-state index contributed by atoms with van der Waals surface area (Å²) in [5.41, 5.74) is 7.15. The first kappa shape index (κ1) is 14.5. The van der Waals surface area contributed by atoms with E-state index in [-0.39, 0.29) is 11.4 Å². The summed E-state index contributed by atoms with van der Waals surface area (Å²) in [4.78, 5) is 0.112. The lowest BCUT2D eigenvalue weighted by atomic mass is 10.2. The highest BCUT2D eigenvalue weighted by Crippen LogP contribution is 2.17. The van der Waals surface area contributed by atoms with Crippen molar-refractivity contribution in [1.82, 2.24) is 4.72 Å². The van der Waals surface area contributed by atoms with E-state index in [0.29, 0.717) is 16.8 Å². The lowest BCUT2D eigenvalue weighted by Crippen LogP contribution is -2.23. The smallest absolute Gasteiger partial charge is 0.240 e. The largest absolute Gasteiger partial charge is 0.399 e. The zero-order valence-corrected chi connectivity index (χ0v) is 11.7. The molecule has 0 saturated heterocycles. The van der Waals surface area contributed by atoms with E-state index >= 15 is 0 Å². The van der Waals surface area contributed by atoms with Gasteiger partial charge in [-0.1, -0.05) is 18.2 Å². The van der Waals surface area contributed by atoms with Gasteiger partial charge in [-0.05, 0) is 36.8 Å². The third-order valence-electron chi connectivity index (χ3n) is 2.96. The van der Waals surface area contributed by atoms with Crippen LogP contribution >= 0.6 is 0 Å². The summed E-state index contributed by atoms with van der Waals surface area (Å²) >= 11 is 0. The molecular weight excluding hydrogens is 279 g/mol. The molecule has 3 N–H and O–H groups in total. The first-order chi connectivity index (χ1) is 9.40. The number of nitrogens with one attached hydrogen (secondary N) is 1. The van der Waals surface area contributed by atoms with E-state index in [4.69, 9.17) is 5.73 Å². The zero-order valence-electron chi connectivity index (χ0n) is 10.9. The second-order valence-electron chi connectivity index (χ2n) is 4.43. The number of aryl methyl sites for hydroxylation is 1. The standard InChI is InChI=1S/C14H15FN2O2S/c1-10-8-12(6-7-14(10)16)20(18,19)17-9-11-4-2-3-5-13(11)15/h2-8,17H,9,16H2,1H3. The topological polar surface area (TPSA) is 72.2 Å². The molecule has 2 rings (SSSR count). The van der Waals surface area contributed by atoms with Crippen molar-refractivity contribution in [1.29, 1.82) is 0 Å². The Bertz CT molecular complexity index is 730. The number of rotatable bonds is 4. The molecule has 106 valence electrons. The Balaban J connectivity index is 2.19. The molecule has 0 radical (unpaired) electrons. The predicted octanol–water partition coefficient (Wildman–Crippen LogP) is 2.19. The van der Waals surface area contributed by atoms with Crippen molar-refractivity contribution >= 4 is 15.7 Å². The van der Waals surface area contributed by atoms with Crippen LogP contribution in [0.2, 0.25) is 0 Å². The summed E-state index contributed by atoms with van der Waals surface area (Å²) in [7, 11) is -3.69. The first-order valence-electron chi connectivity index (χ1n) is 5.99. The molecule has 0 unspecified atom stereocenters. The van der Waals surface area contributed by atoms with Gasteiger partial charge in [0, 0.05) is 17.8 Å². The maximum Gasteiger partial charge on any atom is 0.240 e. The number of benzene rings is 2. The van der Waals surface area contributed by atoms with Gasteiger partial charge in [0.15, 0.2) is 0 Å². The van der Waals surface area contributed by atoms with Gasteiger partial charge in [0.25, 0.3) is 0 Å². The van der Waals surface area contributed by atoms with Gasteiger partial charge in [0.05, 0.1) is 4.90 Å². The van der Waals surface area contributed by atoms with Crippen molar-refractivity contribution in [2.45, 2.75) is 18.4 Å². The molecule has 0 aliphatic heterocycles. The van der Waals surface area contributed by atoms with E-state index in [1.807, 2.05) is 0 Å². The van der Waals surface area contributed by atoms with Crippen molar-refractivity contribution in [2.24, 2.45) is 0 Å². The Labute approximate surface area is 117 Å². The SMILES string of the molecule is Cc1cc(S(=O)(=O)NCc2ccccc2F)ccc1N. The number of nitrogens with two attached hydrogens (primary N) is 1. The van der Waals surface area contributed by atoms with E-state index in [1.54, 1.807) is 19.1 Å². The molecule has 4 nitrogen and oxygen atoms in total. The molecule has 0 fully saturated rings. The number of hydrogen-bond donors (Lipinski definition) is 2. The highest BCUT2D eigenvalue weighted by molar-refractivity contribution is 7.89. The highest BCUT2D eigenvalue weighted by atomic mass is 32.2. The Kier molecular flexibility index (Phi) is 4.06. The molecule has 20 heavy (non-hydrogen) atoms. The first-order valence-corrected chi connectivity index (χ1v) is 7.47. The number of sulfonamides is 1. The van der Waals surface area contributed by atoms with Crippen LogP contribution in [0.4, 0.5) is 10.1 Å². The van der Waals surface area contributed by atoms with Crippen molar-refractivity contribution in [3.63, 3.8) is 0 Å². The Morgan fingerprint density at radius 3 is 2.55 bits per heavy atom. The number of anilines is 1. The molecule has 0 aliphatic rings. The second kappa shape index (κ2) is 5.60. The van der Waals surface area contributed by atoms with E-state index in [1.165, 1.54) is 30.3 Å². The Morgan fingerprint density at radius 2 is 1.90 bits per heavy atom. The summed E-state index contributed by atoms with van der Waals surface area (Å²) in [5, 5.41) is 0. The van der Waals surface area contributed by atoms with Crippen molar-refractivity contribution < 1.29 is 12.8 Å².